The van der Waals surface area contributed by atoms with E-state index < -0.39 is 0 Å². The first-order valence-corrected chi connectivity index (χ1v) is 7.07. The number of thiocarbonyl (C=S) groups is 1. The van der Waals surface area contributed by atoms with Gasteiger partial charge in [-0.2, -0.15) is 0 Å². The Morgan fingerprint density at radius 1 is 1.61 bits per heavy atom. The van der Waals surface area contributed by atoms with Crippen LogP contribution >= 0.6 is 12.2 Å². The van der Waals surface area contributed by atoms with Crippen molar-refractivity contribution in [3.05, 3.63) is 29.6 Å². The highest BCUT2D eigenvalue weighted by Crippen LogP contribution is 2.22. The van der Waals surface area contributed by atoms with Crippen molar-refractivity contribution < 1.29 is 0 Å². The second-order valence-corrected chi connectivity index (χ2v) is 5.53. The maximum Gasteiger partial charge on any atom is 0.122 e. The van der Waals surface area contributed by atoms with Crippen molar-refractivity contribution in [3.63, 3.8) is 0 Å². The third-order valence-electron chi connectivity index (χ3n) is 3.55. The molecule has 2 heterocycles. The summed E-state index contributed by atoms with van der Waals surface area (Å²) in [5.74, 6) is 0.881. The summed E-state index contributed by atoms with van der Waals surface area (Å²) in [6.45, 7) is 5.67. The van der Waals surface area contributed by atoms with Gasteiger partial charge in [0, 0.05) is 19.3 Å². The molecule has 1 aromatic rings. The number of hydrogen-bond acceptors (Lipinski definition) is 3. The molecule has 0 radical (unpaired) electrons. The van der Waals surface area contributed by atoms with Crippen molar-refractivity contribution in [1.29, 1.82) is 0 Å². The van der Waals surface area contributed by atoms with Crippen LogP contribution in [0, 0.1) is 5.92 Å². The van der Waals surface area contributed by atoms with Gasteiger partial charge in [-0.05, 0) is 43.0 Å². The molecule has 1 unspecified atom stereocenters. The molecule has 1 fully saturated rings. The molecule has 1 aromatic heterocycles. The summed E-state index contributed by atoms with van der Waals surface area (Å²) in [6, 6.07) is 4.06. The number of pyridine rings is 1. The fourth-order valence-electron chi connectivity index (χ4n) is 2.67. The van der Waals surface area contributed by atoms with Crippen LogP contribution in [0.5, 0.6) is 0 Å². The summed E-state index contributed by atoms with van der Waals surface area (Å²) < 4.78 is 0. The predicted octanol–water partition coefficient (Wildman–Crippen LogP) is 2.34. The molecule has 0 saturated carbocycles. The van der Waals surface area contributed by atoms with E-state index in [1.165, 1.54) is 37.9 Å². The average molecular weight is 263 g/mol. The summed E-state index contributed by atoms with van der Waals surface area (Å²) in [7, 11) is 0. The topological polar surface area (TPSA) is 42.2 Å². The summed E-state index contributed by atoms with van der Waals surface area (Å²) in [4.78, 5) is 7.06. The third kappa shape index (κ3) is 3.50. The van der Waals surface area contributed by atoms with E-state index >= 15 is 0 Å². The highest BCUT2D eigenvalue weighted by Gasteiger charge is 2.21. The van der Waals surface area contributed by atoms with Gasteiger partial charge in [0.1, 0.15) is 4.99 Å². The minimum atomic E-state index is 0.377. The Balaban J connectivity index is 1.94. The van der Waals surface area contributed by atoms with Crippen molar-refractivity contribution in [2.45, 2.75) is 32.7 Å². The number of hydrogen-bond donors (Lipinski definition) is 1. The van der Waals surface area contributed by atoms with Crippen LogP contribution in [0.25, 0.3) is 0 Å². The fourth-order valence-corrected chi connectivity index (χ4v) is 2.78. The Hall–Kier alpha value is -1.00. The fraction of sp³-hybridized carbons (Fsp3) is 0.571. The van der Waals surface area contributed by atoms with Gasteiger partial charge >= 0.3 is 0 Å². The number of nitrogens with two attached hydrogens (primary N) is 1. The molecule has 1 aliphatic rings. The van der Waals surface area contributed by atoms with Gasteiger partial charge in [-0.25, -0.2) is 0 Å². The van der Waals surface area contributed by atoms with Crippen molar-refractivity contribution in [2.75, 3.05) is 13.1 Å². The first kappa shape index (κ1) is 13.4. The maximum absolute atomic E-state index is 5.61. The molecule has 1 atom stereocenters. The number of likely N-dealkylation sites (tertiary alicyclic amines) is 1. The zero-order valence-corrected chi connectivity index (χ0v) is 11.7. The molecule has 0 aliphatic carbocycles. The number of rotatable bonds is 5. The molecule has 1 saturated heterocycles. The standard InChI is InChI=1S/C14H21N3S/c1-2-3-11-5-7-17(9-11)10-12-4-6-16-13(8-12)14(15)18/h4,6,8,11H,2-3,5,7,9-10H2,1H3,(H2,15,18). The normalized spacial score (nSPS) is 20.2. The Morgan fingerprint density at radius 3 is 3.17 bits per heavy atom. The van der Waals surface area contributed by atoms with E-state index in [0.717, 1.165) is 18.2 Å². The second-order valence-electron chi connectivity index (χ2n) is 5.09. The van der Waals surface area contributed by atoms with E-state index in [1.807, 2.05) is 6.07 Å². The van der Waals surface area contributed by atoms with Crippen LogP contribution in [0.4, 0.5) is 0 Å². The lowest BCUT2D eigenvalue weighted by Crippen LogP contribution is -2.20. The maximum atomic E-state index is 5.61. The van der Waals surface area contributed by atoms with Gasteiger partial charge in [0.05, 0.1) is 5.69 Å². The predicted molar refractivity (Wildman–Crippen MR) is 78.4 cm³/mol. The van der Waals surface area contributed by atoms with Crippen LogP contribution in [0.2, 0.25) is 0 Å². The van der Waals surface area contributed by atoms with Crippen molar-refractivity contribution in [1.82, 2.24) is 9.88 Å². The molecule has 0 aromatic carbocycles. The molecular weight excluding hydrogens is 242 g/mol. The first-order valence-electron chi connectivity index (χ1n) is 6.66. The quantitative estimate of drug-likeness (QED) is 0.828. The average Bonchev–Trinajstić information content (AvgIpc) is 2.77. The Labute approximate surface area is 114 Å². The highest BCUT2D eigenvalue weighted by molar-refractivity contribution is 7.80. The lowest BCUT2D eigenvalue weighted by molar-refractivity contribution is 0.313. The molecule has 0 amide bonds. The second kappa shape index (κ2) is 6.25. The van der Waals surface area contributed by atoms with E-state index in [1.54, 1.807) is 6.20 Å². The van der Waals surface area contributed by atoms with Crippen molar-refractivity contribution in [2.24, 2.45) is 11.7 Å². The minimum Gasteiger partial charge on any atom is -0.388 e. The first-order chi connectivity index (χ1) is 8.69. The molecule has 2 N–H and O–H groups in total. The molecule has 0 spiro atoms. The third-order valence-corrected chi connectivity index (χ3v) is 3.76. The SMILES string of the molecule is CCCC1CCN(Cc2ccnc(C(N)=S)c2)C1. The van der Waals surface area contributed by atoms with Crippen LogP contribution in [0.3, 0.4) is 0 Å². The van der Waals surface area contributed by atoms with Gasteiger partial charge in [0.25, 0.3) is 0 Å². The van der Waals surface area contributed by atoms with Crippen molar-refractivity contribution >= 4 is 17.2 Å². The van der Waals surface area contributed by atoms with Gasteiger partial charge in [-0.3, -0.25) is 9.88 Å². The lowest BCUT2D eigenvalue weighted by Gasteiger charge is -2.16. The molecule has 4 heteroatoms. The zero-order chi connectivity index (χ0) is 13.0. The smallest absolute Gasteiger partial charge is 0.122 e. The summed E-state index contributed by atoms with van der Waals surface area (Å²) in [5, 5.41) is 0. The van der Waals surface area contributed by atoms with Gasteiger partial charge < -0.3 is 5.73 Å². The van der Waals surface area contributed by atoms with E-state index in [2.05, 4.69) is 22.9 Å². The Kier molecular flexibility index (Phi) is 4.66. The minimum absolute atomic E-state index is 0.377. The molecule has 3 nitrogen and oxygen atoms in total. The molecule has 98 valence electrons. The van der Waals surface area contributed by atoms with E-state index in [4.69, 9.17) is 18.0 Å². The Bertz CT molecular complexity index is 419. The highest BCUT2D eigenvalue weighted by atomic mass is 32.1. The van der Waals surface area contributed by atoms with Gasteiger partial charge in [-0.15, -0.1) is 0 Å². The zero-order valence-electron chi connectivity index (χ0n) is 10.9. The largest absolute Gasteiger partial charge is 0.388 e. The molecular formula is C14H21N3S. The van der Waals surface area contributed by atoms with Gasteiger partial charge in [0.2, 0.25) is 0 Å². The van der Waals surface area contributed by atoms with E-state index in [0.29, 0.717) is 4.99 Å². The molecule has 18 heavy (non-hydrogen) atoms. The molecule has 2 rings (SSSR count). The van der Waals surface area contributed by atoms with Gasteiger partial charge in [0.15, 0.2) is 0 Å². The van der Waals surface area contributed by atoms with Gasteiger partial charge in [-0.1, -0.05) is 25.6 Å². The van der Waals surface area contributed by atoms with Crippen LogP contribution < -0.4 is 5.73 Å². The summed E-state index contributed by atoms with van der Waals surface area (Å²) in [6.07, 6.45) is 5.77. The Morgan fingerprint density at radius 2 is 2.44 bits per heavy atom. The summed E-state index contributed by atoms with van der Waals surface area (Å²) in [5.41, 5.74) is 7.59. The van der Waals surface area contributed by atoms with Crippen LogP contribution in [-0.4, -0.2) is 28.0 Å². The monoisotopic (exact) mass is 263 g/mol. The van der Waals surface area contributed by atoms with Crippen molar-refractivity contribution in [3.8, 4) is 0 Å². The lowest BCUT2D eigenvalue weighted by atomic mass is 10.0. The van der Waals surface area contributed by atoms with Crippen LogP contribution in [0.15, 0.2) is 18.3 Å². The van der Waals surface area contributed by atoms with Crippen LogP contribution in [-0.2, 0) is 6.54 Å². The summed E-state index contributed by atoms with van der Waals surface area (Å²) >= 11 is 4.96. The van der Waals surface area contributed by atoms with E-state index in [9.17, 15) is 0 Å². The molecule has 1 aliphatic heterocycles. The number of aromatic nitrogens is 1. The van der Waals surface area contributed by atoms with E-state index in [-0.39, 0.29) is 0 Å². The number of nitrogens with zero attached hydrogens (tertiary/aromatic N) is 2. The molecule has 0 bridgehead atoms. The van der Waals surface area contributed by atoms with Crippen LogP contribution in [0.1, 0.15) is 37.4 Å².